The Kier molecular flexibility index (Phi) is 6.45. The number of fused-ring (bicyclic) bond motifs is 1. The third-order valence-corrected chi connectivity index (χ3v) is 6.85. The number of sulfonamides is 1. The van der Waals surface area contributed by atoms with Gasteiger partial charge in [-0.15, -0.1) is 0 Å². The van der Waals surface area contributed by atoms with Crippen molar-refractivity contribution in [3.05, 3.63) is 59.7 Å². The van der Waals surface area contributed by atoms with Crippen molar-refractivity contribution >= 4 is 21.8 Å². The molecule has 0 saturated heterocycles. The number of benzene rings is 2. The van der Waals surface area contributed by atoms with E-state index in [9.17, 15) is 18.0 Å². The number of nitrogens with zero attached hydrogens (tertiary/aromatic N) is 1. The van der Waals surface area contributed by atoms with Crippen LogP contribution in [0.5, 0.6) is 5.75 Å². The van der Waals surface area contributed by atoms with Gasteiger partial charge >= 0.3 is 0 Å². The molecule has 3 rings (SSSR count). The minimum Gasteiger partial charge on any atom is -0.497 e. The number of nitrogens with one attached hydrogen (secondary N) is 1. The second kappa shape index (κ2) is 8.87. The molecule has 1 aliphatic rings. The van der Waals surface area contributed by atoms with Crippen molar-refractivity contribution < 1.29 is 22.7 Å². The Labute approximate surface area is 177 Å². The molecule has 1 aliphatic heterocycles. The number of carbonyl (C=O) groups excluding carboxylic acids is 2. The molecule has 1 unspecified atom stereocenters. The molecule has 0 radical (unpaired) electrons. The fourth-order valence-electron chi connectivity index (χ4n) is 3.51. The lowest BCUT2D eigenvalue weighted by atomic mass is 9.96. The maximum Gasteiger partial charge on any atom is 0.269 e. The molecule has 7 nitrogen and oxygen atoms in total. The van der Waals surface area contributed by atoms with Crippen LogP contribution >= 0.6 is 0 Å². The second-order valence-corrected chi connectivity index (χ2v) is 9.48. The lowest BCUT2D eigenvalue weighted by molar-refractivity contribution is -0.122. The highest BCUT2D eigenvalue weighted by Gasteiger charge is 2.40. The zero-order valence-electron chi connectivity index (χ0n) is 17.3. The first-order chi connectivity index (χ1) is 14.2. The Balaban J connectivity index is 1.68. The Morgan fingerprint density at radius 1 is 1.10 bits per heavy atom. The quantitative estimate of drug-likeness (QED) is 0.695. The van der Waals surface area contributed by atoms with Gasteiger partial charge in [0, 0.05) is 13.0 Å². The molecule has 2 aromatic carbocycles. The first-order valence-electron chi connectivity index (χ1n) is 9.83. The number of hydrogen-bond donors (Lipinski definition) is 1. The van der Waals surface area contributed by atoms with Crippen LogP contribution in [0.2, 0.25) is 0 Å². The number of rotatable bonds is 8. The van der Waals surface area contributed by atoms with Gasteiger partial charge in [0.2, 0.25) is 5.91 Å². The Morgan fingerprint density at radius 3 is 2.37 bits per heavy atom. The van der Waals surface area contributed by atoms with Crippen molar-refractivity contribution in [2.45, 2.75) is 37.6 Å². The number of ether oxygens (including phenoxy) is 1. The summed E-state index contributed by atoms with van der Waals surface area (Å²) in [5.74, 6) is 0.167. The monoisotopic (exact) mass is 430 g/mol. The van der Waals surface area contributed by atoms with Crippen LogP contribution < -0.4 is 10.1 Å². The van der Waals surface area contributed by atoms with E-state index in [1.807, 2.05) is 24.3 Å². The van der Waals surface area contributed by atoms with Crippen molar-refractivity contribution in [3.8, 4) is 5.75 Å². The van der Waals surface area contributed by atoms with Gasteiger partial charge in [-0.2, -0.15) is 0 Å². The Hall–Kier alpha value is -2.87. The summed E-state index contributed by atoms with van der Waals surface area (Å²) in [4.78, 5) is 25.1. The van der Waals surface area contributed by atoms with Crippen LogP contribution in [0.15, 0.2) is 53.4 Å². The molecule has 160 valence electrons. The van der Waals surface area contributed by atoms with E-state index in [1.165, 1.54) is 12.1 Å². The summed E-state index contributed by atoms with van der Waals surface area (Å²) >= 11 is 0. The first kappa shape index (κ1) is 21.8. The minimum atomic E-state index is -3.91. The van der Waals surface area contributed by atoms with Crippen LogP contribution in [0.4, 0.5) is 0 Å². The van der Waals surface area contributed by atoms with E-state index in [1.54, 1.807) is 19.2 Å². The average Bonchev–Trinajstić information content (AvgIpc) is 2.91. The molecule has 30 heavy (non-hydrogen) atoms. The van der Waals surface area contributed by atoms with Crippen LogP contribution in [0.25, 0.3) is 0 Å². The third-order valence-electron chi connectivity index (χ3n) is 5.01. The molecule has 0 spiro atoms. The van der Waals surface area contributed by atoms with E-state index in [-0.39, 0.29) is 35.4 Å². The second-order valence-electron chi connectivity index (χ2n) is 7.65. The molecule has 0 aromatic heterocycles. The van der Waals surface area contributed by atoms with Gasteiger partial charge in [-0.1, -0.05) is 38.1 Å². The van der Waals surface area contributed by atoms with E-state index in [4.69, 9.17) is 4.74 Å². The Morgan fingerprint density at radius 2 is 1.77 bits per heavy atom. The fraction of sp³-hybridized carbons (Fsp3) is 0.364. The summed E-state index contributed by atoms with van der Waals surface area (Å²) in [7, 11) is -2.32. The average molecular weight is 431 g/mol. The molecule has 1 atom stereocenters. The highest BCUT2D eigenvalue weighted by Crippen LogP contribution is 2.30. The van der Waals surface area contributed by atoms with E-state index >= 15 is 0 Å². The normalized spacial score (nSPS) is 15.7. The lowest BCUT2D eigenvalue weighted by Crippen LogP contribution is -2.36. The van der Waals surface area contributed by atoms with Crippen molar-refractivity contribution in [1.29, 1.82) is 0 Å². The topological polar surface area (TPSA) is 92.8 Å². The van der Waals surface area contributed by atoms with Gasteiger partial charge in [0.05, 0.1) is 18.7 Å². The smallest absolute Gasteiger partial charge is 0.269 e. The Bertz CT molecular complexity index is 1030. The highest BCUT2D eigenvalue weighted by molar-refractivity contribution is 7.90. The van der Waals surface area contributed by atoms with Crippen LogP contribution in [-0.4, -0.2) is 38.2 Å². The van der Waals surface area contributed by atoms with E-state index in [2.05, 4.69) is 19.2 Å². The zero-order valence-corrected chi connectivity index (χ0v) is 18.1. The number of hydrogen-bond acceptors (Lipinski definition) is 5. The summed E-state index contributed by atoms with van der Waals surface area (Å²) in [5, 5.41) is 2.98. The molecule has 0 saturated carbocycles. The fourth-order valence-corrected chi connectivity index (χ4v) is 5.08. The molecule has 2 amide bonds. The van der Waals surface area contributed by atoms with Crippen LogP contribution in [0.3, 0.4) is 0 Å². The van der Waals surface area contributed by atoms with Gasteiger partial charge < -0.3 is 10.1 Å². The number of methoxy groups -OCH3 is 1. The summed E-state index contributed by atoms with van der Waals surface area (Å²) in [6.07, 6.45) is 0.619. The van der Waals surface area contributed by atoms with Gasteiger partial charge in [0.15, 0.2) is 0 Å². The molecule has 2 aromatic rings. The molecule has 0 aliphatic carbocycles. The van der Waals surface area contributed by atoms with E-state index in [0.717, 1.165) is 22.0 Å². The predicted molar refractivity (Wildman–Crippen MR) is 113 cm³/mol. The van der Waals surface area contributed by atoms with Crippen molar-refractivity contribution in [2.75, 3.05) is 13.7 Å². The zero-order chi connectivity index (χ0) is 21.9. The van der Waals surface area contributed by atoms with Crippen LogP contribution in [0, 0.1) is 5.92 Å². The highest BCUT2D eigenvalue weighted by atomic mass is 32.2. The maximum absolute atomic E-state index is 12.6. The number of carbonyl (C=O) groups is 2. The van der Waals surface area contributed by atoms with Gasteiger partial charge in [-0.05, 0) is 42.2 Å². The van der Waals surface area contributed by atoms with Gasteiger partial charge in [-0.25, -0.2) is 12.7 Å². The standard InChI is InChI=1S/C22H26N2O5S/c1-15(2)14-19(16-8-10-17(29-3)11-9-16)23-21(25)12-13-24-22(26)18-6-4-5-7-20(18)30(24,27)28/h4-11,15,19H,12-14H2,1-3H3,(H,23,25). The molecule has 0 bridgehead atoms. The van der Waals surface area contributed by atoms with Crippen LogP contribution in [-0.2, 0) is 14.8 Å². The molecular weight excluding hydrogens is 404 g/mol. The predicted octanol–water partition coefficient (Wildman–Crippen LogP) is 3.13. The lowest BCUT2D eigenvalue weighted by Gasteiger charge is -2.22. The summed E-state index contributed by atoms with van der Waals surface area (Å²) < 4.78 is 31.2. The molecule has 8 heteroatoms. The third kappa shape index (κ3) is 4.48. The van der Waals surface area contributed by atoms with E-state index < -0.39 is 15.9 Å². The largest absolute Gasteiger partial charge is 0.497 e. The van der Waals surface area contributed by atoms with Crippen LogP contribution in [0.1, 0.15) is 48.7 Å². The van der Waals surface area contributed by atoms with Gasteiger partial charge in [0.25, 0.3) is 15.9 Å². The summed E-state index contributed by atoms with van der Waals surface area (Å²) in [6, 6.07) is 13.3. The maximum atomic E-state index is 12.6. The SMILES string of the molecule is COc1ccc(C(CC(C)C)NC(=O)CCN2C(=O)c3ccccc3S2(=O)=O)cc1. The van der Waals surface area contributed by atoms with E-state index in [0.29, 0.717) is 5.92 Å². The minimum absolute atomic E-state index is 0.00803. The molecular formula is C22H26N2O5S. The molecule has 1 N–H and O–H groups in total. The summed E-state index contributed by atoms with van der Waals surface area (Å²) in [5.41, 5.74) is 1.09. The summed E-state index contributed by atoms with van der Waals surface area (Å²) in [6.45, 7) is 3.93. The van der Waals surface area contributed by atoms with Crippen molar-refractivity contribution in [3.63, 3.8) is 0 Å². The molecule has 1 heterocycles. The first-order valence-corrected chi connectivity index (χ1v) is 11.3. The van der Waals surface area contributed by atoms with Gasteiger partial charge in [-0.3, -0.25) is 9.59 Å². The van der Waals surface area contributed by atoms with Gasteiger partial charge in [0.1, 0.15) is 10.6 Å². The van der Waals surface area contributed by atoms with Crippen molar-refractivity contribution in [2.24, 2.45) is 5.92 Å². The van der Waals surface area contributed by atoms with Crippen molar-refractivity contribution in [1.82, 2.24) is 9.62 Å². The molecule has 0 fully saturated rings. The number of amides is 2.